The predicted octanol–water partition coefficient (Wildman–Crippen LogP) is 0.768. The van der Waals surface area contributed by atoms with E-state index in [1.165, 1.54) is 0 Å². The Labute approximate surface area is 118 Å². The smallest absolute Gasteiger partial charge is 0.323 e. The van der Waals surface area contributed by atoms with Crippen LogP contribution in [0, 0.1) is 0 Å². The number of hydrogen-bond donors (Lipinski definition) is 3. The van der Waals surface area contributed by atoms with Crippen molar-refractivity contribution in [2.75, 3.05) is 23.8 Å². The topological polar surface area (TPSA) is 115 Å². The second-order valence-electron chi connectivity index (χ2n) is 4.34. The van der Waals surface area contributed by atoms with Gasteiger partial charge in [0, 0.05) is 19.0 Å². The molecule has 8 heteroatoms. The second kappa shape index (κ2) is 8.13. The lowest BCUT2D eigenvalue weighted by Crippen LogP contribution is -2.25. The van der Waals surface area contributed by atoms with Crippen LogP contribution >= 0.6 is 0 Å². The van der Waals surface area contributed by atoms with Crippen molar-refractivity contribution in [3.05, 3.63) is 0 Å². The molecule has 1 amide bonds. The van der Waals surface area contributed by atoms with E-state index in [4.69, 9.17) is 10.5 Å². The van der Waals surface area contributed by atoms with Crippen LogP contribution in [-0.2, 0) is 4.79 Å². The molecule has 1 aromatic rings. The molecule has 1 heterocycles. The minimum Gasteiger partial charge on any atom is -0.464 e. The zero-order chi connectivity index (χ0) is 15.0. The van der Waals surface area contributed by atoms with E-state index in [9.17, 15) is 4.79 Å². The number of rotatable bonds is 9. The molecule has 0 bridgehead atoms. The van der Waals surface area contributed by atoms with Crippen LogP contribution in [0.4, 0.5) is 11.9 Å². The number of primary amides is 1. The van der Waals surface area contributed by atoms with E-state index in [0.29, 0.717) is 18.5 Å². The zero-order valence-electron chi connectivity index (χ0n) is 12.1. The Balaban J connectivity index is 2.81. The fraction of sp³-hybridized carbons (Fsp3) is 0.667. The number of nitrogens with two attached hydrogens (primary N) is 1. The zero-order valence-corrected chi connectivity index (χ0v) is 12.1. The highest BCUT2D eigenvalue weighted by atomic mass is 16.5. The van der Waals surface area contributed by atoms with Crippen LogP contribution in [0.5, 0.6) is 6.01 Å². The number of ether oxygens (including phenoxy) is 1. The summed E-state index contributed by atoms with van der Waals surface area (Å²) in [7, 11) is 0. The first-order valence-corrected chi connectivity index (χ1v) is 6.72. The summed E-state index contributed by atoms with van der Waals surface area (Å²) in [5.74, 6) is 0.420. The molecule has 8 nitrogen and oxygen atoms in total. The largest absolute Gasteiger partial charge is 0.464 e. The molecule has 1 atom stereocenters. The third-order valence-corrected chi connectivity index (χ3v) is 2.30. The molecule has 0 aliphatic heterocycles. The summed E-state index contributed by atoms with van der Waals surface area (Å²) < 4.78 is 5.30. The lowest BCUT2D eigenvalue weighted by atomic mass is 10.2. The highest BCUT2D eigenvalue weighted by Crippen LogP contribution is 2.12. The van der Waals surface area contributed by atoms with E-state index < -0.39 is 0 Å². The summed E-state index contributed by atoms with van der Waals surface area (Å²) in [5, 5.41) is 6.08. The molecule has 1 rings (SSSR count). The highest BCUT2D eigenvalue weighted by Gasteiger charge is 2.11. The number of carbonyl (C=O) groups is 1. The van der Waals surface area contributed by atoms with Crippen molar-refractivity contribution < 1.29 is 9.53 Å². The molecular weight excluding hydrogens is 260 g/mol. The Morgan fingerprint density at radius 3 is 2.60 bits per heavy atom. The molecule has 20 heavy (non-hydrogen) atoms. The van der Waals surface area contributed by atoms with E-state index in [-0.39, 0.29) is 24.4 Å². The van der Waals surface area contributed by atoms with Crippen LogP contribution in [0.15, 0.2) is 0 Å². The van der Waals surface area contributed by atoms with E-state index in [0.717, 1.165) is 13.0 Å². The normalized spacial score (nSPS) is 11.8. The summed E-state index contributed by atoms with van der Waals surface area (Å²) in [5.41, 5.74) is 5.15. The van der Waals surface area contributed by atoms with Crippen molar-refractivity contribution in [3.8, 4) is 6.01 Å². The molecule has 112 valence electrons. The molecule has 0 aromatic carbocycles. The molecule has 0 aliphatic carbocycles. The van der Waals surface area contributed by atoms with E-state index in [1.54, 1.807) is 0 Å². The summed E-state index contributed by atoms with van der Waals surface area (Å²) >= 11 is 0. The number of amides is 1. The van der Waals surface area contributed by atoms with Crippen molar-refractivity contribution in [1.82, 2.24) is 15.0 Å². The van der Waals surface area contributed by atoms with Gasteiger partial charge in [0.15, 0.2) is 0 Å². The van der Waals surface area contributed by atoms with Crippen molar-refractivity contribution in [1.29, 1.82) is 0 Å². The molecule has 0 aliphatic rings. The number of anilines is 2. The van der Waals surface area contributed by atoms with Gasteiger partial charge in [0.2, 0.25) is 17.8 Å². The van der Waals surface area contributed by atoms with Gasteiger partial charge in [-0.2, -0.15) is 15.0 Å². The monoisotopic (exact) mass is 282 g/mol. The van der Waals surface area contributed by atoms with Gasteiger partial charge in [0.25, 0.3) is 0 Å². The molecular formula is C12H22N6O2. The standard InChI is InChI=1S/C12H22N6O2/c1-4-6-14-10-16-11(15-8(3)7-9(13)19)18-12(17-10)20-5-2/h8H,4-7H2,1-3H3,(H2,13,19)(H2,14,15,16,17,18). The van der Waals surface area contributed by atoms with Gasteiger partial charge < -0.3 is 21.1 Å². The quantitative estimate of drug-likeness (QED) is 0.612. The van der Waals surface area contributed by atoms with Gasteiger partial charge in [-0.25, -0.2) is 0 Å². The van der Waals surface area contributed by atoms with Crippen molar-refractivity contribution >= 4 is 17.8 Å². The Morgan fingerprint density at radius 1 is 1.30 bits per heavy atom. The number of carbonyl (C=O) groups excluding carboxylic acids is 1. The van der Waals surface area contributed by atoms with Crippen LogP contribution in [-0.4, -0.2) is 40.1 Å². The molecule has 0 radical (unpaired) electrons. The number of hydrogen-bond acceptors (Lipinski definition) is 7. The maximum absolute atomic E-state index is 10.9. The molecule has 0 saturated carbocycles. The number of aromatic nitrogens is 3. The van der Waals surface area contributed by atoms with Crippen LogP contribution in [0.25, 0.3) is 0 Å². The van der Waals surface area contributed by atoms with Gasteiger partial charge in [0.1, 0.15) is 0 Å². The Morgan fingerprint density at radius 2 is 2.00 bits per heavy atom. The lowest BCUT2D eigenvalue weighted by Gasteiger charge is -2.13. The second-order valence-corrected chi connectivity index (χ2v) is 4.34. The molecule has 4 N–H and O–H groups in total. The Hall–Kier alpha value is -2.12. The lowest BCUT2D eigenvalue weighted by molar-refractivity contribution is -0.118. The number of nitrogens with zero attached hydrogens (tertiary/aromatic N) is 3. The summed E-state index contributed by atoms with van der Waals surface area (Å²) in [6, 6.07) is 0.0817. The minimum absolute atomic E-state index is 0.164. The minimum atomic E-state index is -0.381. The average Bonchev–Trinajstić information content (AvgIpc) is 2.35. The number of nitrogens with one attached hydrogen (secondary N) is 2. The van der Waals surface area contributed by atoms with Gasteiger partial charge in [-0.05, 0) is 20.3 Å². The summed E-state index contributed by atoms with van der Waals surface area (Å²) in [4.78, 5) is 23.4. The van der Waals surface area contributed by atoms with Gasteiger partial charge in [-0.15, -0.1) is 0 Å². The fourth-order valence-electron chi connectivity index (χ4n) is 1.50. The fourth-order valence-corrected chi connectivity index (χ4v) is 1.50. The van der Waals surface area contributed by atoms with Gasteiger partial charge >= 0.3 is 6.01 Å². The highest BCUT2D eigenvalue weighted by molar-refractivity contribution is 5.74. The van der Waals surface area contributed by atoms with Crippen LogP contribution in [0.3, 0.4) is 0 Å². The van der Waals surface area contributed by atoms with Gasteiger partial charge in [-0.3, -0.25) is 4.79 Å². The Bertz CT molecular complexity index is 440. The van der Waals surface area contributed by atoms with E-state index in [2.05, 4.69) is 25.6 Å². The van der Waals surface area contributed by atoms with Gasteiger partial charge in [0.05, 0.1) is 6.61 Å². The molecule has 1 unspecified atom stereocenters. The molecule has 0 spiro atoms. The Kier molecular flexibility index (Phi) is 6.48. The maximum Gasteiger partial charge on any atom is 0.323 e. The molecule has 1 aromatic heterocycles. The summed E-state index contributed by atoms with van der Waals surface area (Å²) in [6.07, 6.45) is 1.16. The van der Waals surface area contributed by atoms with Crippen molar-refractivity contribution in [2.24, 2.45) is 5.73 Å². The third-order valence-electron chi connectivity index (χ3n) is 2.30. The van der Waals surface area contributed by atoms with Crippen molar-refractivity contribution in [2.45, 2.75) is 39.7 Å². The van der Waals surface area contributed by atoms with E-state index in [1.807, 2.05) is 20.8 Å². The SMILES string of the molecule is CCCNc1nc(NC(C)CC(N)=O)nc(OCC)n1. The summed E-state index contributed by atoms with van der Waals surface area (Å²) in [6.45, 7) is 6.95. The molecule has 0 fully saturated rings. The average molecular weight is 282 g/mol. The predicted molar refractivity (Wildman–Crippen MR) is 76.7 cm³/mol. The maximum atomic E-state index is 10.9. The molecule has 0 saturated heterocycles. The van der Waals surface area contributed by atoms with E-state index >= 15 is 0 Å². The third kappa shape index (κ3) is 5.68. The van der Waals surface area contributed by atoms with Crippen molar-refractivity contribution in [3.63, 3.8) is 0 Å². The van der Waals surface area contributed by atoms with Crippen LogP contribution in [0.2, 0.25) is 0 Å². The van der Waals surface area contributed by atoms with Crippen LogP contribution < -0.4 is 21.1 Å². The van der Waals surface area contributed by atoms with Crippen LogP contribution in [0.1, 0.15) is 33.6 Å². The first-order chi connectivity index (χ1) is 9.55. The first-order valence-electron chi connectivity index (χ1n) is 6.72. The first kappa shape index (κ1) is 15.9. The van der Waals surface area contributed by atoms with Gasteiger partial charge in [-0.1, -0.05) is 6.92 Å².